The van der Waals surface area contributed by atoms with Crippen molar-refractivity contribution < 1.29 is 19.1 Å². The van der Waals surface area contributed by atoms with Crippen molar-refractivity contribution in [2.24, 2.45) is 5.41 Å². The number of ether oxygens (including phenoxy) is 2. The normalized spacial score (nSPS) is 11.5. The molecule has 0 radical (unpaired) electrons. The lowest BCUT2D eigenvalue weighted by Gasteiger charge is -2.27. The van der Waals surface area contributed by atoms with E-state index in [1.807, 2.05) is 18.2 Å². The Morgan fingerprint density at radius 1 is 0.867 bits per heavy atom. The van der Waals surface area contributed by atoms with E-state index in [1.54, 1.807) is 26.0 Å². The zero-order valence-electron chi connectivity index (χ0n) is 17.9. The average Bonchev–Trinajstić information content (AvgIpc) is 2.75. The molecule has 0 spiro atoms. The molecule has 2 aromatic carbocycles. The van der Waals surface area contributed by atoms with Crippen LogP contribution in [0.4, 0.5) is 0 Å². The van der Waals surface area contributed by atoms with Gasteiger partial charge < -0.3 is 9.47 Å². The van der Waals surface area contributed by atoms with Crippen LogP contribution in [-0.2, 0) is 14.3 Å². The van der Waals surface area contributed by atoms with Crippen molar-refractivity contribution in [2.75, 3.05) is 6.61 Å². The van der Waals surface area contributed by atoms with Gasteiger partial charge in [0.25, 0.3) is 0 Å². The number of carbonyl (C=O) groups excluding carboxylic acids is 2. The Morgan fingerprint density at radius 3 is 2.13 bits per heavy atom. The summed E-state index contributed by atoms with van der Waals surface area (Å²) in [6, 6.07) is 8.80. The van der Waals surface area contributed by atoms with E-state index in [4.69, 9.17) is 32.7 Å². The van der Waals surface area contributed by atoms with Gasteiger partial charge in [-0.1, -0.05) is 93.9 Å². The van der Waals surface area contributed by atoms with Crippen molar-refractivity contribution >= 4 is 45.9 Å². The molecule has 0 saturated heterocycles. The number of rotatable bonds is 11. The van der Waals surface area contributed by atoms with Crippen LogP contribution < -0.4 is 4.74 Å². The van der Waals surface area contributed by atoms with Crippen molar-refractivity contribution in [3.8, 4) is 5.75 Å². The van der Waals surface area contributed by atoms with E-state index in [0.717, 1.165) is 31.1 Å². The molecule has 2 rings (SSSR count). The van der Waals surface area contributed by atoms with Crippen LogP contribution in [0.3, 0.4) is 0 Å². The lowest BCUT2D eigenvalue weighted by molar-refractivity contribution is -0.168. The second-order valence-corrected chi connectivity index (χ2v) is 8.26. The third kappa shape index (κ3) is 5.47. The summed E-state index contributed by atoms with van der Waals surface area (Å²) >= 11 is 12.6. The van der Waals surface area contributed by atoms with Gasteiger partial charge in [0, 0.05) is 10.8 Å². The molecular formula is C24H30Cl2O4. The number of unbranched alkanes of at least 4 members (excludes halogenated alkanes) is 4. The molecule has 0 atom stereocenters. The molecule has 0 heterocycles. The SMILES string of the molecule is CCCCCCCOC(=O)C(CC)(CC)C(=O)Oc1c(Cl)cc(Cl)c2ccccc12. The number of esters is 2. The second kappa shape index (κ2) is 11.6. The quantitative estimate of drug-likeness (QED) is 0.154. The number of hydrogen-bond donors (Lipinski definition) is 0. The van der Waals surface area contributed by atoms with Crippen molar-refractivity contribution in [3.05, 3.63) is 40.4 Å². The standard InChI is InChI=1S/C24H30Cl2O4/c1-4-7-8-9-12-15-29-22(27)24(5-2,6-3)23(28)30-21-18-14-11-10-13-17(18)19(25)16-20(21)26/h10-11,13-14,16H,4-9,12,15H2,1-3H3. The molecule has 164 valence electrons. The molecule has 0 aliphatic rings. The third-order valence-electron chi connectivity index (χ3n) is 5.56. The van der Waals surface area contributed by atoms with Gasteiger partial charge in [-0.25, -0.2) is 0 Å². The average molecular weight is 453 g/mol. The summed E-state index contributed by atoms with van der Waals surface area (Å²) in [5, 5.41) is 2.03. The number of halogens is 2. The third-order valence-corrected chi connectivity index (χ3v) is 6.16. The summed E-state index contributed by atoms with van der Waals surface area (Å²) in [5.74, 6) is -0.986. The van der Waals surface area contributed by atoms with E-state index in [0.29, 0.717) is 17.0 Å². The van der Waals surface area contributed by atoms with Crippen LogP contribution in [0.5, 0.6) is 5.75 Å². The van der Waals surface area contributed by atoms with Gasteiger partial charge in [-0.05, 0) is 25.3 Å². The first-order valence-electron chi connectivity index (χ1n) is 10.7. The van der Waals surface area contributed by atoms with E-state index < -0.39 is 17.4 Å². The first-order valence-corrected chi connectivity index (χ1v) is 11.4. The molecule has 0 aromatic heterocycles. The molecule has 0 amide bonds. The Labute approximate surface area is 188 Å². The topological polar surface area (TPSA) is 52.6 Å². The fourth-order valence-electron chi connectivity index (χ4n) is 3.49. The smallest absolute Gasteiger partial charge is 0.328 e. The van der Waals surface area contributed by atoms with Gasteiger partial charge >= 0.3 is 11.9 Å². The Bertz CT molecular complexity index is 875. The lowest BCUT2D eigenvalue weighted by atomic mass is 9.82. The number of benzene rings is 2. The van der Waals surface area contributed by atoms with Crippen LogP contribution in [0.1, 0.15) is 65.7 Å². The van der Waals surface area contributed by atoms with E-state index in [9.17, 15) is 9.59 Å². The highest BCUT2D eigenvalue weighted by molar-refractivity contribution is 6.40. The van der Waals surface area contributed by atoms with Gasteiger partial charge in [0.15, 0.2) is 11.2 Å². The van der Waals surface area contributed by atoms with Gasteiger partial charge in [0.1, 0.15) is 0 Å². The van der Waals surface area contributed by atoms with Crippen molar-refractivity contribution in [3.63, 3.8) is 0 Å². The van der Waals surface area contributed by atoms with Gasteiger partial charge in [0.2, 0.25) is 0 Å². The lowest BCUT2D eigenvalue weighted by Crippen LogP contribution is -2.42. The molecule has 0 saturated carbocycles. The summed E-state index contributed by atoms with van der Waals surface area (Å²) in [5.41, 5.74) is -1.37. The molecule has 2 aromatic rings. The summed E-state index contributed by atoms with van der Waals surface area (Å²) < 4.78 is 11.2. The van der Waals surface area contributed by atoms with Gasteiger partial charge in [0.05, 0.1) is 16.7 Å². The fourth-order valence-corrected chi connectivity index (χ4v) is 4.07. The molecule has 0 N–H and O–H groups in total. The highest BCUT2D eigenvalue weighted by atomic mass is 35.5. The van der Waals surface area contributed by atoms with Crippen molar-refractivity contribution in [2.45, 2.75) is 65.7 Å². The molecule has 0 aliphatic carbocycles. The van der Waals surface area contributed by atoms with Crippen LogP contribution in [-0.4, -0.2) is 18.5 Å². The summed E-state index contributed by atoms with van der Waals surface area (Å²) in [6.45, 7) is 6.03. The predicted octanol–water partition coefficient (Wildman–Crippen LogP) is 7.37. The largest absolute Gasteiger partial charge is 0.465 e. The first kappa shape index (κ1) is 24.5. The Kier molecular flexibility index (Phi) is 9.44. The van der Waals surface area contributed by atoms with Crippen LogP contribution >= 0.6 is 23.2 Å². The van der Waals surface area contributed by atoms with Crippen LogP contribution in [0.15, 0.2) is 30.3 Å². The number of fused-ring (bicyclic) bond motifs is 1. The molecule has 0 bridgehead atoms. The highest BCUT2D eigenvalue weighted by Gasteiger charge is 2.46. The molecule has 0 aliphatic heterocycles. The molecule has 0 fully saturated rings. The number of hydrogen-bond acceptors (Lipinski definition) is 4. The summed E-state index contributed by atoms with van der Waals surface area (Å²) in [7, 11) is 0. The fraction of sp³-hybridized carbons (Fsp3) is 0.500. The molecule has 0 unspecified atom stereocenters. The van der Waals surface area contributed by atoms with Crippen LogP contribution in [0.2, 0.25) is 10.0 Å². The van der Waals surface area contributed by atoms with Gasteiger partial charge in [-0.3, -0.25) is 9.59 Å². The number of carbonyl (C=O) groups is 2. The zero-order chi connectivity index (χ0) is 22.1. The minimum Gasteiger partial charge on any atom is -0.465 e. The molecule has 30 heavy (non-hydrogen) atoms. The van der Waals surface area contributed by atoms with Crippen LogP contribution in [0, 0.1) is 5.41 Å². The minimum atomic E-state index is -1.37. The van der Waals surface area contributed by atoms with E-state index >= 15 is 0 Å². The zero-order valence-corrected chi connectivity index (χ0v) is 19.4. The molecular weight excluding hydrogens is 423 g/mol. The van der Waals surface area contributed by atoms with Crippen molar-refractivity contribution in [1.82, 2.24) is 0 Å². The summed E-state index contributed by atoms with van der Waals surface area (Å²) in [6.07, 6.45) is 5.79. The van der Waals surface area contributed by atoms with E-state index in [1.165, 1.54) is 6.42 Å². The second-order valence-electron chi connectivity index (χ2n) is 7.44. The monoisotopic (exact) mass is 452 g/mol. The molecule has 4 nitrogen and oxygen atoms in total. The Balaban J connectivity index is 2.19. The summed E-state index contributed by atoms with van der Waals surface area (Å²) in [4.78, 5) is 26.1. The predicted molar refractivity (Wildman–Crippen MR) is 122 cm³/mol. The maximum Gasteiger partial charge on any atom is 0.328 e. The van der Waals surface area contributed by atoms with E-state index in [2.05, 4.69) is 6.92 Å². The Hall–Kier alpha value is -1.78. The van der Waals surface area contributed by atoms with Gasteiger partial charge in [-0.2, -0.15) is 0 Å². The maximum absolute atomic E-state index is 13.2. The van der Waals surface area contributed by atoms with Crippen LogP contribution in [0.25, 0.3) is 10.8 Å². The minimum absolute atomic E-state index is 0.209. The van der Waals surface area contributed by atoms with Crippen molar-refractivity contribution in [1.29, 1.82) is 0 Å². The molecule has 6 heteroatoms. The van der Waals surface area contributed by atoms with E-state index in [-0.39, 0.29) is 23.6 Å². The van der Waals surface area contributed by atoms with Gasteiger partial charge in [-0.15, -0.1) is 0 Å². The Morgan fingerprint density at radius 2 is 1.50 bits per heavy atom. The highest BCUT2D eigenvalue weighted by Crippen LogP contribution is 2.40. The first-order chi connectivity index (χ1) is 14.4. The maximum atomic E-state index is 13.2.